The third kappa shape index (κ3) is 4.24. The minimum atomic E-state index is -0.504. The van der Waals surface area contributed by atoms with Gasteiger partial charge in [-0.3, -0.25) is 9.59 Å². The Labute approximate surface area is 194 Å². The van der Waals surface area contributed by atoms with Crippen molar-refractivity contribution >= 4 is 5.69 Å². The van der Waals surface area contributed by atoms with Gasteiger partial charge in [-0.25, -0.2) is 0 Å². The second-order valence-electron chi connectivity index (χ2n) is 9.75. The number of ether oxygens (including phenoxy) is 2. The van der Waals surface area contributed by atoms with E-state index < -0.39 is 10.9 Å². The van der Waals surface area contributed by atoms with E-state index in [0.717, 1.165) is 57.7 Å². The van der Waals surface area contributed by atoms with Crippen molar-refractivity contribution in [3.05, 3.63) is 49.8 Å². The van der Waals surface area contributed by atoms with E-state index in [9.17, 15) is 14.9 Å². The Morgan fingerprint density at radius 3 is 2.76 bits per heavy atom. The van der Waals surface area contributed by atoms with E-state index in [1.807, 2.05) is 25.1 Å². The zero-order chi connectivity index (χ0) is 22.9. The first kappa shape index (κ1) is 22.0. The molecule has 7 nitrogen and oxygen atoms in total. The summed E-state index contributed by atoms with van der Waals surface area (Å²) in [5, 5.41) is 12.5. The molecule has 2 aromatic carbocycles. The molecular formula is C26H31N3O4. The fraction of sp³-hybridized carbons (Fsp3) is 0.577. The van der Waals surface area contributed by atoms with Crippen LogP contribution in [-0.4, -0.2) is 43.8 Å². The molecule has 7 heteroatoms. The fourth-order valence-corrected chi connectivity index (χ4v) is 5.85. The highest BCUT2D eigenvalue weighted by molar-refractivity contribution is 5.62. The van der Waals surface area contributed by atoms with Gasteiger partial charge < -0.3 is 19.7 Å². The van der Waals surface area contributed by atoms with Crippen molar-refractivity contribution in [1.29, 1.82) is 5.26 Å². The number of nitrogens with one attached hydrogen (secondary N) is 1. The summed E-state index contributed by atoms with van der Waals surface area (Å²) >= 11 is 0. The first-order chi connectivity index (χ1) is 16.1. The molecular weight excluding hydrogens is 418 g/mol. The zero-order valence-electron chi connectivity index (χ0n) is 19.1. The monoisotopic (exact) mass is 449 g/mol. The third-order valence-electron chi connectivity index (χ3n) is 7.71. The lowest BCUT2D eigenvalue weighted by atomic mass is 9.84. The summed E-state index contributed by atoms with van der Waals surface area (Å²) in [5.41, 5.74) is 1.34. The number of hydrogen-bond donors (Lipinski definition) is 1. The van der Waals surface area contributed by atoms with Gasteiger partial charge in [0, 0.05) is 36.5 Å². The number of fused-ring (bicyclic) bond motifs is 3. The Morgan fingerprint density at radius 2 is 2.00 bits per heavy atom. The Balaban J connectivity index is 1.10. The molecule has 1 saturated carbocycles. The molecule has 33 heavy (non-hydrogen) atoms. The summed E-state index contributed by atoms with van der Waals surface area (Å²) in [5.74, 6) is 2.81. The molecule has 1 saturated heterocycles. The molecule has 1 aliphatic carbocycles. The molecule has 174 valence electrons. The molecule has 2 aliphatic heterocycles. The summed E-state index contributed by atoms with van der Waals surface area (Å²) in [6, 6.07) is 8.28. The smallest absolute Gasteiger partial charge is 0.272 e. The summed E-state index contributed by atoms with van der Waals surface area (Å²) in [6.45, 7) is 6.16. The molecule has 3 aliphatic rings. The summed E-state index contributed by atoms with van der Waals surface area (Å²) in [7, 11) is 0. The number of nitriles is 1. The predicted octanol–water partition coefficient (Wildman–Crippen LogP) is 3.02. The number of likely N-dealkylation sites (tertiary alicyclic amines) is 1. The van der Waals surface area contributed by atoms with Gasteiger partial charge in [0.1, 0.15) is 11.4 Å². The summed E-state index contributed by atoms with van der Waals surface area (Å²) in [4.78, 5) is 26.1. The van der Waals surface area contributed by atoms with Crippen molar-refractivity contribution in [1.82, 2.24) is 4.90 Å². The highest BCUT2D eigenvalue weighted by Crippen LogP contribution is 2.42. The van der Waals surface area contributed by atoms with Gasteiger partial charge in [0.15, 0.2) is 5.75 Å². The molecule has 0 unspecified atom stereocenters. The number of rotatable bonds is 7. The lowest BCUT2D eigenvalue weighted by molar-refractivity contribution is 0.209. The maximum Gasteiger partial charge on any atom is 0.272 e. The quantitative estimate of drug-likeness (QED) is 0.650. The van der Waals surface area contributed by atoms with Crippen molar-refractivity contribution in [3.63, 3.8) is 0 Å². The van der Waals surface area contributed by atoms with Crippen LogP contribution in [0.4, 0.5) is 5.69 Å². The molecule has 1 N–H and O–H groups in total. The molecule has 2 atom stereocenters. The second-order valence-corrected chi connectivity index (χ2v) is 9.75. The Bertz CT molecular complexity index is 1120. The third-order valence-corrected chi connectivity index (χ3v) is 7.71. The van der Waals surface area contributed by atoms with Gasteiger partial charge in [-0.05, 0) is 69.7 Å². The largest absolute Gasteiger partial charge is 0.493 e. The van der Waals surface area contributed by atoms with E-state index in [0.29, 0.717) is 35.6 Å². The van der Waals surface area contributed by atoms with Gasteiger partial charge in [0.2, 0.25) is 0 Å². The van der Waals surface area contributed by atoms with Crippen LogP contribution in [0.3, 0.4) is 0 Å². The van der Waals surface area contributed by atoms with E-state index in [-0.39, 0.29) is 11.8 Å². The van der Waals surface area contributed by atoms with Gasteiger partial charge in [-0.1, -0.05) is 0 Å². The lowest BCUT2D eigenvalue weighted by Crippen LogP contribution is -2.39. The van der Waals surface area contributed by atoms with Crippen LogP contribution < -0.4 is 25.6 Å². The average Bonchev–Trinajstić information content (AvgIpc) is 3.28. The van der Waals surface area contributed by atoms with Crippen LogP contribution in [0.15, 0.2) is 27.8 Å². The van der Waals surface area contributed by atoms with Crippen LogP contribution >= 0.6 is 0 Å². The Morgan fingerprint density at radius 1 is 1.18 bits per heavy atom. The number of hydrogen-bond acceptors (Lipinski definition) is 7. The Hall–Kier alpha value is -2.85. The Kier molecular flexibility index (Phi) is 6.11. The molecule has 5 rings (SSSR count). The highest BCUT2D eigenvalue weighted by atomic mass is 16.5. The van der Waals surface area contributed by atoms with E-state index >= 15 is 0 Å². The molecule has 0 radical (unpaired) electrons. The molecule has 2 fully saturated rings. The molecule has 0 amide bonds. The first-order valence-corrected chi connectivity index (χ1v) is 12.2. The van der Waals surface area contributed by atoms with Crippen LogP contribution in [0, 0.1) is 23.2 Å². The van der Waals surface area contributed by atoms with Crippen molar-refractivity contribution in [2.45, 2.75) is 51.0 Å². The summed E-state index contributed by atoms with van der Waals surface area (Å²) in [6.07, 6.45) is 5.48. The predicted molar refractivity (Wildman–Crippen MR) is 126 cm³/mol. The second kappa shape index (κ2) is 9.18. The molecule has 0 bridgehead atoms. The molecule has 2 heterocycles. The first-order valence-electron chi connectivity index (χ1n) is 12.2. The van der Waals surface area contributed by atoms with Crippen LogP contribution in [0.5, 0.6) is 11.5 Å². The van der Waals surface area contributed by atoms with Gasteiger partial charge in [-0.15, -0.1) is 0 Å². The molecule has 0 aromatic heterocycles. The van der Waals surface area contributed by atoms with E-state index in [2.05, 4.69) is 16.3 Å². The van der Waals surface area contributed by atoms with Gasteiger partial charge in [0.05, 0.1) is 24.8 Å². The minimum Gasteiger partial charge on any atom is -0.493 e. The average molecular weight is 450 g/mol. The van der Waals surface area contributed by atoms with Crippen LogP contribution in [0.1, 0.15) is 56.1 Å². The van der Waals surface area contributed by atoms with Crippen molar-refractivity contribution in [2.24, 2.45) is 11.8 Å². The van der Waals surface area contributed by atoms with E-state index in [1.54, 1.807) is 0 Å². The van der Waals surface area contributed by atoms with Crippen LogP contribution in [0.2, 0.25) is 0 Å². The van der Waals surface area contributed by atoms with Crippen LogP contribution in [0.25, 0.3) is 0 Å². The van der Waals surface area contributed by atoms with E-state index in [4.69, 9.17) is 9.47 Å². The fourth-order valence-electron chi connectivity index (χ4n) is 5.85. The molecule has 0 spiro atoms. The van der Waals surface area contributed by atoms with Gasteiger partial charge in [-0.2, -0.15) is 5.26 Å². The van der Waals surface area contributed by atoms with Crippen LogP contribution in [-0.2, 0) is 0 Å². The topological polar surface area (TPSA) is 91.7 Å². The summed E-state index contributed by atoms with van der Waals surface area (Å²) < 4.78 is 11.3. The number of anilines is 1. The SMILES string of the molecule is CCOc1c(N[C@H]2CC[C@H](CCN3C[C@H]4COc5ccc(C#N)cc5[C@@H]4C3)CC2)c(=O)c1=O. The normalized spacial score (nSPS) is 26.8. The van der Waals surface area contributed by atoms with Gasteiger partial charge >= 0.3 is 0 Å². The van der Waals surface area contributed by atoms with Crippen molar-refractivity contribution < 1.29 is 9.47 Å². The van der Waals surface area contributed by atoms with Crippen molar-refractivity contribution in [3.8, 4) is 17.6 Å². The highest BCUT2D eigenvalue weighted by Gasteiger charge is 2.39. The standard InChI is InChI=1S/C26H31N3O4/c1-2-32-26-23(24(30)25(26)31)28-19-6-3-16(4-7-19)9-10-29-13-18-15-33-22-8-5-17(12-27)11-20(22)21(18)14-29/h5,8,11,16,18-19,21,28H,2-4,6-7,9-10,13-15H2,1H3/t16-,18-,19-,21+/m0/s1. The lowest BCUT2D eigenvalue weighted by Gasteiger charge is -2.31. The van der Waals surface area contributed by atoms with Gasteiger partial charge in [0.25, 0.3) is 10.9 Å². The molecule has 2 aromatic rings. The maximum atomic E-state index is 11.9. The van der Waals surface area contributed by atoms with E-state index in [1.165, 1.54) is 12.0 Å². The minimum absolute atomic E-state index is 0.215. The van der Waals surface area contributed by atoms with Crippen molar-refractivity contribution in [2.75, 3.05) is 38.2 Å². The zero-order valence-corrected chi connectivity index (χ0v) is 19.1. The number of nitrogens with zero attached hydrogens (tertiary/aromatic N) is 2. The number of benzene rings is 1. The maximum absolute atomic E-state index is 11.9.